The van der Waals surface area contributed by atoms with Crippen LogP contribution in [0.3, 0.4) is 0 Å². The van der Waals surface area contributed by atoms with Gasteiger partial charge in [-0.25, -0.2) is 0 Å². The van der Waals surface area contributed by atoms with Gasteiger partial charge in [-0.1, -0.05) is 11.6 Å². The number of aryl methyl sites for hydroxylation is 2. The van der Waals surface area contributed by atoms with Gasteiger partial charge < -0.3 is 19.8 Å². The Labute approximate surface area is 160 Å². The summed E-state index contributed by atoms with van der Waals surface area (Å²) in [5, 5.41) is 6.97. The largest absolute Gasteiger partial charge is 0.479 e. The van der Waals surface area contributed by atoms with E-state index in [0.717, 1.165) is 10.9 Å². The molecule has 0 spiro atoms. The fraction of sp³-hybridized carbons (Fsp3) is 0.200. The minimum absolute atomic E-state index is 0.221. The highest BCUT2D eigenvalue weighted by Crippen LogP contribution is 2.33. The second-order valence-electron chi connectivity index (χ2n) is 6.57. The van der Waals surface area contributed by atoms with Crippen LogP contribution in [0.15, 0.2) is 34.7 Å². The number of furan rings is 1. The molecule has 2 N–H and O–H groups in total. The van der Waals surface area contributed by atoms with Crippen LogP contribution in [0.2, 0.25) is 5.02 Å². The first-order valence-electron chi connectivity index (χ1n) is 8.45. The second kappa shape index (κ2) is 6.32. The van der Waals surface area contributed by atoms with Gasteiger partial charge in [0.05, 0.1) is 5.69 Å². The van der Waals surface area contributed by atoms with E-state index in [0.29, 0.717) is 33.3 Å². The summed E-state index contributed by atoms with van der Waals surface area (Å²) >= 11 is 6.18. The maximum atomic E-state index is 12.7. The number of nitrogens with one attached hydrogen (secondary N) is 2. The number of halogens is 1. The zero-order valence-electron chi connectivity index (χ0n) is 15.0. The molecule has 6 nitrogen and oxygen atoms in total. The molecule has 138 valence electrons. The van der Waals surface area contributed by atoms with Gasteiger partial charge in [-0.2, -0.15) is 0 Å². The Hall–Kier alpha value is -2.99. The Morgan fingerprint density at radius 2 is 2.00 bits per heavy atom. The zero-order valence-corrected chi connectivity index (χ0v) is 15.7. The number of rotatable bonds is 2. The van der Waals surface area contributed by atoms with Crippen molar-refractivity contribution >= 4 is 45.8 Å². The van der Waals surface area contributed by atoms with E-state index in [-0.39, 0.29) is 17.6 Å². The summed E-state index contributed by atoms with van der Waals surface area (Å²) in [5.74, 6) is 0.170. The summed E-state index contributed by atoms with van der Waals surface area (Å²) in [5.41, 5.74) is 3.24. The summed E-state index contributed by atoms with van der Waals surface area (Å²) in [7, 11) is 0. The van der Waals surface area contributed by atoms with Gasteiger partial charge in [-0.15, -0.1) is 0 Å². The van der Waals surface area contributed by atoms with E-state index < -0.39 is 6.10 Å². The molecule has 27 heavy (non-hydrogen) atoms. The van der Waals surface area contributed by atoms with Crippen LogP contribution in [0.25, 0.3) is 11.0 Å². The van der Waals surface area contributed by atoms with Crippen LogP contribution >= 0.6 is 11.6 Å². The van der Waals surface area contributed by atoms with Gasteiger partial charge in [0.15, 0.2) is 11.9 Å². The molecule has 1 atom stereocenters. The van der Waals surface area contributed by atoms with Crippen molar-refractivity contribution in [3.63, 3.8) is 0 Å². The van der Waals surface area contributed by atoms with Crippen molar-refractivity contribution in [2.24, 2.45) is 0 Å². The molecular weight excluding hydrogens is 368 g/mol. The van der Waals surface area contributed by atoms with Crippen LogP contribution in [-0.4, -0.2) is 17.9 Å². The standard InChI is InChI=1S/C20H17ClN2O4/c1-9-6-17-13(8-14(9)21)10(2)18(27-17)20(25)22-12-4-5-16-15(7-12)23-19(24)11(3)26-16/h4-8,11H,1-3H3,(H,22,25)(H,23,24)/t11-/m1/s1. The number of hydrogen-bond acceptors (Lipinski definition) is 4. The van der Waals surface area contributed by atoms with E-state index in [1.807, 2.05) is 19.9 Å². The van der Waals surface area contributed by atoms with E-state index in [1.54, 1.807) is 31.2 Å². The van der Waals surface area contributed by atoms with Crippen molar-refractivity contribution in [1.29, 1.82) is 0 Å². The van der Waals surface area contributed by atoms with Crippen LogP contribution in [0.1, 0.15) is 28.6 Å². The summed E-state index contributed by atoms with van der Waals surface area (Å²) < 4.78 is 11.3. The van der Waals surface area contributed by atoms with Gasteiger partial charge in [0.25, 0.3) is 11.8 Å². The third-order valence-corrected chi connectivity index (χ3v) is 5.00. The van der Waals surface area contributed by atoms with E-state index in [4.69, 9.17) is 20.8 Å². The van der Waals surface area contributed by atoms with E-state index in [2.05, 4.69) is 10.6 Å². The van der Waals surface area contributed by atoms with Gasteiger partial charge in [0, 0.05) is 21.7 Å². The molecule has 1 aromatic heterocycles. The molecule has 0 saturated heterocycles. The van der Waals surface area contributed by atoms with E-state index >= 15 is 0 Å². The summed E-state index contributed by atoms with van der Waals surface area (Å²) in [6.07, 6.45) is -0.550. The van der Waals surface area contributed by atoms with Crippen LogP contribution in [-0.2, 0) is 4.79 Å². The number of fused-ring (bicyclic) bond motifs is 2. The monoisotopic (exact) mass is 384 g/mol. The van der Waals surface area contributed by atoms with Crippen molar-refractivity contribution < 1.29 is 18.7 Å². The highest BCUT2D eigenvalue weighted by molar-refractivity contribution is 6.32. The molecule has 2 aromatic carbocycles. The van der Waals surface area contributed by atoms with Crippen molar-refractivity contribution in [2.75, 3.05) is 10.6 Å². The number of carbonyl (C=O) groups is 2. The van der Waals surface area contributed by atoms with Gasteiger partial charge >= 0.3 is 0 Å². The molecule has 1 aliphatic heterocycles. The minimum atomic E-state index is -0.550. The summed E-state index contributed by atoms with van der Waals surface area (Å²) in [4.78, 5) is 24.5. The SMILES string of the molecule is Cc1cc2oc(C(=O)Nc3ccc4c(c3)NC(=O)[C@@H](C)O4)c(C)c2cc1Cl. The molecule has 4 rings (SSSR count). The van der Waals surface area contributed by atoms with Gasteiger partial charge in [-0.3, -0.25) is 9.59 Å². The Morgan fingerprint density at radius 3 is 2.78 bits per heavy atom. The second-order valence-corrected chi connectivity index (χ2v) is 6.98. The van der Waals surface area contributed by atoms with E-state index in [9.17, 15) is 9.59 Å². The number of amides is 2. The number of benzene rings is 2. The number of anilines is 2. The van der Waals surface area contributed by atoms with Gasteiger partial charge in [-0.05, 0) is 56.7 Å². The Kier molecular flexibility index (Phi) is 4.08. The third kappa shape index (κ3) is 3.02. The first-order chi connectivity index (χ1) is 12.8. The van der Waals surface area contributed by atoms with Gasteiger partial charge in [0.1, 0.15) is 11.3 Å². The minimum Gasteiger partial charge on any atom is -0.479 e. The van der Waals surface area contributed by atoms with Crippen LogP contribution in [0, 0.1) is 13.8 Å². The first kappa shape index (κ1) is 17.4. The number of hydrogen-bond donors (Lipinski definition) is 2. The van der Waals surface area contributed by atoms with Crippen molar-refractivity contribution in [2.45, 2.75) is 26.9 Å². The summed E-state index contributed by atoms with van der Waals surface area (Å²) in [6.45, 7) is 5.37. The molecule has 2 amide bonds. The fourth-order valence-corrected chi connectivity index (χ4v) is 3.20. The average Bonchev–Trinajstić information content (AvgIpc) is 2.93. The molecule has 0 saturated carbocycles. The van der Waals surface area contributed by atoms with Crippen molar-refractivity contribution in [3.05, 3.63) is 52.2 Å². The summed E-state index contributed by atoms with van der Waals surface area (Å²) in [6, 6.07) is 8.68. The smallest absolute Gasteiger partial charge is 0.291 e. The maximum Gasteiger partial charge on any atom is 0.291 e. The van der Waals surface area contributed by atoms with Crippen LogP contribution in [0.4, 0.5) is 11.4 Å². The molecule has 0 fully saturated rings. The van der Waals surface area contributed by atoms with Crippen molar-refractivity contribution in [3.8, 4) is 5.75 Å². The lowest BCUT2D eigenvalue weighted by Crippen LogP contribution is -2.34. The molecular formula is C20H17ClN2O4. The molecule has 2 heterocycles. The molecule has 1 aliphatic rings. The van der Waals surface area contributed by atoms with Crippen LogP contribution in [0.5, 0.6) is 5.75 Å². The highest BCUT2D eigenvalue weighted by atomic mass is 35.5. The molecule has 0 radical (unpaired) electrons. The average molecular weight is 385 g/mol. The maximum absolute atomic E-state index is 12.7. The molecule has 0 bridgehead atoms. The van der Waals surface area contributed by atoms with E-state index in [1.165, 1.54) is 0 Å². The Bertz CT molecular complexity index is 1100. The molecule has 7 heteroatoms. The highest BCUT2D eigenvalue weighted by Gasteiger charge is 2.24. The Morgan fingerprint density at radius 1 is 1.22 bits per heavy atom. The third-order valence-electron chi connectivity index (χ3n) is 4.59. The number of ether oxygens (including phenoxy) is 1. The molecule has 3 aromatic rings. The lowest BCUT2D eigenvalue weighted by atomic mass is 10.1. The molecule has 0 unspecified atom stereocenters. The lowest BCUT2D eigenvalue weighted by Gasteiger charge is -2.23. The normalized spacial score (nSPS) is 15.9. The first-order valence-corrected chi connectivity index (χ1v) is 8.83. The lowest BCUT2D eigenvalue weighted by molar-refractivity contribution is -0.122. The quantitative estimate of drug-likeness (QED) is 0.672. The fourth-order valence-electron chi connectivity index (χ4n) is 3.03. The predicted molar refractivity (Wildman–Crippen MR) is 104 cm³/mol. The Balaban J connectivity index is 1.63. The topological polar surface area (TPSA) is 80.6 Å². The zero-order chi connectivity index (χ0) is 19.3. The van der Waals surface area contributed by atoms with Crippen molar-refractivity contribution in [1.82, 2.24) is 0 Å². The van der Waals surface area contributed by atoms with Gasteiger partial charge in [0.2, 0.25) is 0 Å². The number of carbonyl (C=O) groups excluding carboxylic acids is 2. The van der Waals surface area contributed by atoms with Crippen LogP contribution < -0.4 is 15.4 Å². The predicted octanol–water partition coefficient (Wildman–Crippen LogP) is 4.67. The molecule has 0 aliphatic carbocycles.